The molecule has 0 aromatic heterocycles. The third-order valence-electron chi connectivity index (χ3n) is 2.15. The van der Waals surface area contributed by atoms with Crippen LogP contribution in [-0.4, -0.2) is 25.2 Å². The van der Waals surface area contributed by atoms with Gasteiger partial charge in [0.05, 0.1) is 6.61 Å². The first-order valence-corrected chi connectivity index (χ1v) is 5.73. The molecule has 0 aliphatic heterocycles. The minimum absolute atomic E-state index is 0.0363. The van der Waals surface area contributed by atoms with Gasteiger partial charge in [-0.25, -0.2) is 0 Å². The summed E-state index contributed by atoms with van der Waals surface area (Å²) < 4.78 is 39.4. The zero-order valence-corrected chi connectivity index (χ0v) is 9.89. The third-order valence-corrected chi connectivity index (χ3v) is 2.15. The minimum atomic E-state index is -4.31. The van der Waals surface area contributed by atoms with Crippen LogP contribution < -0.4 is 0 Å². The summed E-state index contributed by atoms with van der Waals surface area (Å²) in [6.45, 7) is 2.16. The van der Waals surface area contributed by atoms with Gasteiger partial charge in [-0.15, -0.1) is 6.58 Å². The fraction of sp³-hybridized carbons (Fsp3) is 0.750. The molecule has 0 saturated carbocycles. The first kappa shape index (κ1) is 16.2. The van der Waals surface area contributed by atoms with E-state index in [0.29, 0.717) is 6.42 Å². The molecule has 0 fully saturated rings. The molecule has 5 heteroatoms. The zero-order chi connectivity index (χ0) is 13.1. The number of unbranched alkanes of at least 4 members (excludes halogenated alkanes) is 3. The summed E-state index contributed by atoms with van der Waals surface area (Å²) in [5.74, 6) is -0.0363. The van der Waals surface area contributed by atoms with Crippen LogP contribution in [0.25, 0.3) is 0 Å². The van der Waals surface area contributed by atoms with Crippen LogP contribution in [0.2, 0.25) is 0 Å². The Balaban J connectivity index is 3.32. The molecule has 0 unspecified atom stereocenters. The van der Waals surface area contributed by atoms with Crippen molar-refractivity contribution in [3.8, 4) is 0 Å². The Morgan fingerprint density at radius 2 is 1.88 bits per heavy atom. The molecule has 0 spiro atoms. The lowest BCUT2D eigenvalue weighted by Gasteiger charge is -2.06. The van der Waals surface area contributed by atoms with Gasteiger partial charge in [0, 0.05) is 12.8 Å². The number of alkyl halides is 3. The van der Waals surface area contributed by atoms with Crippen molar-refractivity contribution in [3.05, 3.63) is 12.7 Å². The average Bonchev–Trinajstić information content (AvgIpc) is 2.23. The van der Waals surface area contributed by atoms with E-state index in [-0.39, 0.29) is 18.8 Å². The van der Waals surface area contributed by atoms with E-state index in [2.05, 4.69) is 11.3 Å². The molecule has 0 aliphatic rings. The highest BCUT2D eigenvalue weighted by Crippen LogP contribution is 2.14. The first-order chi connectivity index (χ1) is 7.95. The SMILES string of the molecule is C=CCCCCCC(=O)CCOCC(F)(F)F. The first-order valence-electron chi connectivity index (χ1n) is 5.73. The van der Waals surface area contributed by atoms with Crippen LogP contribution in [0.15, 0.2) is 12.7 Å². The van der Waals surface area contributed by atoms with Crippen LogP contribution in [0.5, 0.6) is 0 Å². The van der Waals surface area contributed by atoms with Gasteiger partial charge in [0.1, 0.15) is 12.4 Å². The average molecular weight is 252 g/mol. The monoisotopic (exact) mass is 252 g/mol. The largest absolute Gasteiger partial charge is 0.411 e. The summed E-state index contributed by atoms with van der Waals surface area (Å²) in [5, 5.41) is 0. The summed E-state index contributed by atoms with van der Waals surface area (Å²) >= 11 is 0. The molecule has 0 radical (unpaired) electrons. The number of carbonyl (C=O) groups is 1. The number of halogens is 3. The van der Waals surface area contributed by atoms with Crippen molar-refractivity contribution in [1.82, 2.24) is 0 Å². The molecule has 100 valence electrons. The van der Waals surface area contributed by atoms with Crippen molar-refractivity contribution < 1.29 is 22.7 Å². The van der Waals surface area contributed by atoms with E-state index in [4.69, 9.17) is 0 Å². The lowest BCUT2D eigenvalue weighted by atomic mass is 10.1. The zero-order valence-electron chi connectivity index (χ0n) is 9.89. The van der Waals surface area contributed by atoms with E-state index >= 15 is 0 Å². The predicted molar refractivity (Wildman–Crippen MR) is 59.8 cm³/mol. The maximum atomic E-state index is 11.7. The Morgan fingerprint density at radius 3 is 2.47 bits per heavy atom. The highest BCUT2D eigenvalue weighted by Gasteiger charge is 2.27. The van der Waals surface area contributed by atoms with Gasteiger partial charge >= 0.3 is 6.18 Å². The molecule has 0 N–H and O–H groups in total. The van der Waals surface area contributed by atoms with Crippen LogP contribution in [-0.2, 0) is 9.53 Å². The van der Waals surface area contributed by atoms with Crippen LogP contribution in [0, 0.1) is 0 Å². The molecule has 0 saturated heterocycles. The van der Waals surface area contributed by atoms with Crippen molar-refractivity contribution >= 4 is 5.78 Å². The molecule has 0 rings (SSSR count). The fourth-order valence-electron chi connectivity index (χ4n) is 1.29. The highest BCUT2D eigenvalue weighted by atomic mass is 19.4. The Morgan fingerprint density at radius 1 is 1.18 bits per heavy atom. The van der Waals surface area contributed by atoms with Crippen molar-refractivity contribution in [1.29, 1.82) is 0 Å². The standard InChI is InChI=1S/C12H19F3O2/c1-2-3-4-5-6-7-11(16)8-9-17-10-12(13,14)15/h2H,1,3-10H2. The number of ketones is 1. The summed E-state index contributed by atoms with van der Waals surface area (Å²) in [4.78, 5) is 11.2. The van der Waals surface area contributed by atoms with E-state index in [9.17, 15) is 18.0 Å². The number of allylic oxidation sites excluding steroid dienone is 1. The van der Waals surface area contributed by atoms with Crippen LogP contribution in [0.3, 0.4) is 0 Å². The lowest BCUT2D eigenvalue weighted by Crippen LogP contribution is -2.18. The topological polar surface area (TPSA) is 26.3 Å². The van der Waals surface area contributed by atoms with E-state index in [1.54, 1.807) is 0 Å². The Labute approximate surface area is 99.8 Å². The molecular formula is C12H19F3O2. The molecule has 0 aliphatic carbocycles. The van der Waals surface area contributed by atoms with E-state index in [1.165, 1.54) is 0 Å². The number of hydrogen-bond acceptors (Lipinski definition) is 2. The fourth-order valence-corrected chi connectivity index (χ4v) is 1.29. The van der Waals surface area contributed by atoms with Gasteiger partial charge in [-0.3, -0.25) is 4.79 Å². The molecule has 17 heavy (non-hydrogen) atoms. The Kier molecular flexibility index (Phi) is 8.76. The quantitative estimate of drug-likeness (QED) is 0.438. The lowest BCUT2D eigenvalue weighted by molar-refractivity contribution is -0.174. The number of ether oxygens (including phenoxy) is 1. The van der Waals surface area contributed by atoms with Crippen molar-refractivity contribution in [2.45, 2.75) is 44.7 Å². The van der Waals surface area contributed by atoms with Gasteiger partial charge < -0.3 is 4.74 Å². The second-order valence-electron chi connectivity index (χ2n) is 3.84. The van der Waals surface area contributed by atoms with Crippen LogP contribution in [0.4, 0.5) is 13.2 Å². The molecule has 0 aromatic rings. The third kappa shape index (κ3) is 13.1. The number of carbonyl (C=O) groups excluding carboxylic acids is 1. The minimum Gasteiger partial charge on any atom is -0.372 e. The van der Waals surface area contributed by atoms with Gasteiger partial charge in [-0.1, -0.05) is 12.5 Å². The Bertz CT molecular complexity index is 224. The van der Waals surface area contributed by atoms with E-state index in [0.717, 1.165) is 25.7 Å². The predicted octanol–water partition coefficient (Wildman–Crippen LogP) is 3.66. The summed E-state index contributed by atoms with van der Waals surface area (Å²) in [6, 6.07) is 0. The molecular weight excluding hydrogens is 233 g/mol. The number of rotatable bonds is 10. The maximum Gasteiger partial charge on any atom is 0.411 e. The van der Waals surface area contributed by atoms with Gasteiger partial charge in [0.2, 0.25) is 0 Å². The molecule has 2 nitrogen and oxygen atoms in total. The van der Waals surface area contributed by atoms with Crippen molar-refractivity contribution in [2.75, 3.05) is 13.2 Å². The van der Waals surface area contributed by atoms with Crippen LogP contribution >= 0.6 is 0 Å². The smallest absolute Gasteiger partial charge is 0.372 e. The normalized spacial score (nSPS) is 11.5. The number of hydrogen-bond donors (Lipinski definition) is 0. The highest BCUT2D eigenvalue weighted by molar-refractivity contribution is 5.78. The Hall–Kier alpha value is -0.840. The van der Waals surface area contributed by atoms with Gasteiger partial charge in [0.15, 0.2) is 0 Å². The van der Waals surface area contributed by atoms with Gasteiger partial charge in [0.25, 0.3) is 0 Å². The molecule has 0 bridgehead atoms. The van der Waals surface area contributed by atoms with Gasteiger partial charge in [-0.2, -0.15) is 13.2 Å². The second-order valence-corrected chi connectivity index (χ2v) is 3.84. The summed E-state index contributed by atoms with van der Waals surface area (Å²) in [6.07, 6.45) is 1.67. The van der Waals surface area contributed by atoms with E-state index in [1.807, 2.05) is 6.08 Å². The second kappa shape index (κ2) is 9.22. The van der Waals surface area contributed by atoms with Crippen LogP contribution in [0.1, 0.15) is 38.5 Å². The molecule has 0 heterocycles. The number of Topliss-reactive ketones (excluding diaryl/α,β-unsaturated/α-hetero) is 1. The van der Waals surface area contributed by atoms with Crippen molar-refractivity contribution in [3.63, 3.8) is 0 Å². The molecule has 0 amide bonds. The maximum absolute atomic E-state index is 11.7. The van der Waals surface area contributed by atoms with Gasteiger partial charge in [-0.05, 0) is 19.3 Å². The van der Waals surface area contributed by atoms with Crippen molar-refractivity contribution in [2.24, 2.45) is 0 Å². The summed E-state index contributed by atoms with van der Waals surface area (Å²) in [7, 11) is 0. The van der Waals surface area contributed by atoms with E-state index < -0.39 is 12.8 Å². The summed E-state index contributed by atoms with van der Waals surface area (Å²) in [5.41, 5.74) is 0. The molecule has 0 atom stereocenters. The molecule has 0 aromatic carbocycles.